The second kappa shape index (κ2) is 24.0. The van der Waals surface area contributed by atoms with Gasteiger partial charge in [0.05, 0.1) is 0 Å². The van der Waals surface area contributed by atoms with E-state index in [1.165, 1.54) is 146 Å². The van der Waals surface area contributed by atoms with Gasteiger partial charge in [-0.1, -0.05) is 140 Å². The number of hydrogen-bond acceptors (Lipinski definition) is 0. The zero-order valence-electron chi connectivity index (χ0n) is 23.6. The Hall–Kier alpha value is -1.34. The highest BCUT2D eigenvalue weighted by atomic mass is 35.5. The molecule has 1 nitrogen and oxygen atoms in total. The van der Waals surface area contributed by atoms with E-state index >= 15 is 0 Å². The monoisotopic (exact) mass is 513 g/mol. The molecule has 1 aromatic heterocycles. The minimum absolute atomic E-state index is 0. The van der Waals surface area contributed by atoms with Gasteiger partial charge in [-0.25, -0.2) is 4.57 Å². The van der Waals surface area contributed by atoms with Crippen LogP contribution < -0.4 is 17.0 Å². The summed E-state index contributed by atoms with van der Waals surface area (Å²) in [6.07, 6.45) is 34.1. The fraction of sp³-hybridized carbons (Fsp3) is 0.676. The third-order valence-corrected chi connectivity index (χ3v) is 7.50. The minimum atomic E-state index is 0. The van der Waals surface area contributed by atoms with Gasteiger partial charge in [-0.3, -0.25) is 0 Å². The van der Waals surface area contributed by atoms with Gasteiger partial charge < -0.3 is 12.4 Å². The molecule has 0 fully saturated rings. The summed E-state index contributed by atoms with van der Waals surface area (Å²) in [6, 6.07) is 15.5. The third kappa shape index (κ3) is 18.0. The van der Waals surface area contributed by atoms with Crippen molar-refractivity contribution < 1.29 is 17.0 Å². The molecule has 2 rings (SSSR count). The van der Waals surface area contributed by atoms with Gasteiger partial charge in [0.15, 0.2) is 12.4 Å². The lowest BCUT2D eigenvalue weighted by atomic mass is 10.0. The number of pyridine rings is 1. The Morgan fingerprint density at radius 2 is 0.833 bits per heavy atom. The molecule has 36 heavy (non-hydrogen) atoms. The molecule has 0 aliphatic heterocycles. The Balaban J connectivity index is 0.00000648. The SMILES string of the molecule is CCCCCCCCCCCCCCCCCCCc1cc[n+](CCCCc2ccccc2)cc1.[Cl-]. The summed E-state index contributed by atoms with van der Waals surface area (Å²) in [5.74, 6) is 0. The second-order valence-electron chi connectivity index (χ2n) is 10.8. The van der Waals surface area contributed by atoms with E-state index in [4.69, 9.17) is 0 Å². The normalized spacial score (nSPS) is 10.9. The molecular weight excluding hydrogens is 458 g/mol. The molecule has 0 atom stereocenters. The van der Waals surface area contributed by atoms with Crippen LogP contribution in [0.15, 0.2) is 54.9 Å². The van der Waals surface area contributed by atoms with E-state index < -0.39 is 0 Å². The molecule has 0 radical (unpaired) electrons. The number of rotatable bonds is 23. The predicted molar refractivity (Wildman–Crippen MR) is 154 cm³/mol. The van der Waals surface area contributed by atoms with Crippen molar-refractivity contribution >= 4 is 0 Å². The summed E-state index contributed by atoms with van der Waals surface area (Å²) in [5, 5.41) is 0. The van der Waals surface area contributed by atoms with E-state index in [2.05, 4.69) is 66.3 Å². The van der Waals surface area contributed by atoms with Crippen LogP contribution in [0.1, 0.15) is 140 Å². The molecule has 204 valence electrons. The summed E-state index contributed by atoms with van der Waals surface area (Å²) in [4.78, 5) is 0. The van der Waals surface area contributed by atoms with E-state index in [0.717, 1.165) is 6.54 Å². The van der Waals surface area contributed by atoms with E-state index in [-0.39, 0.29) is 12.4 Å². The average Bonchev–Trinajstić information content (AvgIpc) is 2.90. The Bertz CT molecular complexity index is 697. The van der Waals surface area contributed by atoms with Gasteiger partial charge in [0, 0.05) is 18.6 Å². The minimum Gasteiger partial charge on any atom is -1.00 e. The Morgan fingerprint density at radius 3 is 1.31 bits per heavy atom. The summed E-state index contributed by atoms with van der Waals surface area (Å²) in [7, 11) is 0. The summed E-state index contributed by atoms with van der Waals surface area (Å²) < 4.78 is 2.35. The highest BCUT2D eigenvalue weighted by Crippen LogP contribution is 2.14. The van der Waals surface area contributed by atoms with Crippen molar-refractivity contribution in [1.29, 1.82) is 0 Å². The van der Waals surface area contributed by atoms with Crippen LogP contribution in [-0.2, 0) is 19.4 Å². The number of aromatic nitrogens is 1. The van der Waals surface area contributed by atoms with Crippen LogP contribution in [0.25, 0.3) is 0 Å². The van der Waals surface area contributed by atoms with Crippen molar-refractivity contribution in [3.05, 3.63) is 66.0 Å². The lowest BCUT2D eigenvalue weighted by Gasteiger charge is -2.04. The number of benzene rings is 1. The number of unbranched alkanes of at least 4 members (excludes halogenated alkanes) is 17. The maximum absolute atomic E-state index is 2.35. The number of nitrogens with zero attached hydrogens (tertiary/aromatic N) is 1. The summed E-state index contributed by atoms with van der Waals surface area (Å²) in [5.41, 5.74) is 2.97. The molecule has 2 heteroatoms. The predicted octanol–water partition coefficient (Wildman–Crippen LogP) is 7.20. The zero-order chi connectivity index (χ0) is 24.7. The first kappa shape index (κ1) is 32.7. The van der Waals surface area contributed by atoms with Gasteiger partial charge in [-0.05, 0) is 36.8 Å². The molecule has 0 unspecified atom stereocenters. The van der Waals surface area contributed by atoms with Crippen molar-refractivity contribution in [1.82, 2.24) is 0 Å². The molecule has 0 bridgehead atoms. The van der Waals surface area contributed by atoms with E-state index in [9.17, 15) is 0 Å². The van der Waals surface area contributed by atoms with E-state index in [0.29, 0.717) is 0 Å². The van der Waals surface area contributed by atoms with Gasteiger partial charge in [0.2, 0.25) is 0 Å². The topological polar surface area (TPSA) is 3.88 Å². The first-order valence-corrected chi connectivity index (χ1v) is 15.4. The molecule has 0 aliphatic rings. The van der Waals surface area contributed by atoms with Crippen molar-refractivity contribution in [3.63, 3.8) is 0 Å². The fourth-order valence-electron chi connectivity index (χ4n) is 5.13. The van der Waals surface area contributed by atoms with E-state index in [1.807, 2.05) is 0 Å². The lowest BCUT2D eigenvalue weighted by molar-refractivity contribution is -0.697. The van der Waals surface area contributed by atoms with Gasteiger partial charge in [0.25, 0.3) is 0 Å². The number of halogens is 1. The molecule has 0 N–H and O–H groups in total. The quantitative estimate of drug-likeness (QED) is 0.109. The van der Waals surface area contributed by atoms with Crippen LogP contribution in [0, 0.1) is 0 Å². The molecular formula is C34H56ClN. The highest BCUT2D eigenvalue weighted by Gasteiger charge is 2.02. The Labute approximate surface area is 230 Å². The maximum atomic E-state index is 2.35. The molecule has 1 heterocycles. The van der Waals surface area contributed by atoms with Crippen LogP contribution in [0.5, 0.6) is 0 Å². The standard InChI is InChI=1S/C34H56N.ClH/c1-2-3-4-5-6-7-8-9-10-11-12-13-14-15-16-17-19-26-34-28-31-35(32-29-34)30-23-22-27-33-24-20-18-21-25-33;/h18,20-21,24-25,28-29,31-32H,2-17,19,22-23,26-27,30H2,1H3;1H/q+1;/p-1. The second-order valence-corrected chi connectivity index (χ2v) is 10.8. The van der Waals surface area contributed by atoms with Crippen LogP contribution in [0.2, 0.25) is 0 Å². The lowest BCUT2D eigenvalue weighted by Crippen LogP contribution is -3.00. The molecule has 0 spiro atoms. The molecule has 0 saturated carbocycles. The largest absolute Gasteiger partial charge is 1.00 e. The number of hydrogen-bond donors (Lipinski definition) is 0. The van der Waals surface area contributed by atoms with Gasteiger partial charge in [-0.2, -0.15) is 0 Å². The zero-order valence-corrected chi connectivity index (χ0v) is 24.3. The van der Waals surface area contributed by atoms with Gasteiger partial charge >= 0.3 is 0 Å². The van der Waals surface area contributed by atoms with Crippen LogP contribution >= 0.6 is 0 Å². The summed E-state index contributed by atoms with van der Waals surface area (Å²) >= 11 is 0. The van der Waals surface area contributed by atoms with Crippen molar-refractivity contribution in [3.8, 4) is 0 Å². The van der Waals surface area contributed by atoms with Crippen LogP contribution in [0.4, 0.5) is 0 Å². The first-order valence-electron chi connectivity index (χ1n) is 15.4. The van der Waals surface area contributed by atoms with Gasteiger partial charge in [-0.15, -0.1) is 0 Å². The average molecular weight is 514 g/mol. The molecule has 2 aromatic rings. The van der Waals surface area contributed by atoms with Crippen molar-refractivity contribution in [2.45, 2.75) is 148 Å². The molecule has 0 aliphatic carbocycles. The third-order valence-electron chi connectivity index (χ3n) is 7.50. The van der Waals surface area contributed by atoms with E-state index in [1.54, 1.807) is 0 Å². The maximum Gasteiger partial charge on any atom is 0.169 e. The highest BCUT2D eigenvalue weighted by molar-refractivity contribution is 5.14. The molecule has 0 amide bonds. The van der Waals surface area contributed by atoms with Crippen molar-refractivity contribution in [2.24, 2.45) is 0 Å². The summed E-state index contributed by atoms with van der Waals surface area (Å²) in [6.45, 7) is 3.43. The Morgan fingerprint density at radius 1 is 0.444 bits per heavy atom. The van der Waals surface area contributed by atoms with Crippen LogP contribution in [-0.4, -0.2) is 0 Å². The number of aryl methyl sites for hydroxylation is 3. The first-order chi connectivity index (χ1) is 17.4. The van der Waals surface area contributed by atoms with Gasteiger partial charge in [0.1, 0.15) is 6.54 Å². The fourth-order valence-corrected chi connectivity index (χ4v) is 5.13. The smallest absolute Gasteiger partial charge is 0.169 e. The van der Waals surface area contributed by atoms with Crippen molar-refractivity contribution in [2.75, 3.05) is 0 Å². The molecule has 1 aromatic carbocycles. The van der Waals surface area contributed by atoms with Crippen LogP contribution in [0.3, 0.4) is 0 Å². The Kier molecular flexibility index (Phi) is 21.8. The molecule has 0 saturated heterocycles.